The molecule has 0 aliphatic carbocycles. The third kappa shape index (κ3) is 5.89. The highest BCUT2D eigenvalue weighted by Gasteiger charge is 2.15. The summed E-state index contributed by atoms with van der Waals surface area (Å²) < 4.78 is 1.75. The number of halogens is 1. The van der Waals surface area contributed by atoms with E-state index in [1.165, 1.54) is 30.0 Å². The van der Waals surface area contributed by atoms with Crippen molar-refractivity contribution in [3.05, 3.63) is 80.6 Å². The highest BCUT2D eigenvalue weighted by Crippen LogP contribution is 2.20. The molecule has 11 heteroatoms. The van der Waals surface area contributed by atoms with E-state index < -0.39 is 4.92 Å². The maximum absolute atomic E-state index is 12.4. The number of thioether (sulfide) groups is 1. The van der Waals surface area contributed by atoms with Gasteiger partial charge < -0.3 is 9.88 Å². The number of rotatable bonds is 9. The number of nitro benzene ring substituents is 1. The summed E-state index contributed by atoms with van der Waals surface area (Å²) in [5.74, 6) is 0.270. The summed E-state index contributed by atoms with van der Waals surface area (Å²) in [6, 6.07) is 12.2. The van der Waals surface area contributed by atoms with E-state index in [4.69, 9.17) is 11.6 Å². The van der Waals surface area contributed by atoms with E-state index in [9.17, 15) is 19.7 Å². The molecule has 0 bridgehead atoms. The van der Waals surface area contributed by atoms with Crippen molar-refractivity contribution >= 4 is 40.7 Å². The highest BCUT2D eigenvalue weighted by molar-refractivity contribution is 7.99. The van der Waals surface area contributed by atoms with Crippen molar-refractivity contribution in [3.63, 3.8) is 0 Å². The maximum atomic E-state index is 12.4. The highest BCUT2D eigenvalue weighted by atomic mass is 35.5. The summed E-state index contributed by atoms with van der Waals surface area (Å²) in [5, 5.41) is 23.0. The van der Waals surface area contributed by atoms with Crippen LogP contribution in [-0.4, -0.2) is 43.7 Å². The minimum absolute atomic E-state index is 0.0699. The molecule has 1 amide bonds. The molecule has 0 saturated heterocycles. The zero-order valence-corrected chi connectivity index (χ0v) is 18.0. The Hall–Kier alpha value is -3.24. The fourth-order valence-electron chi connectivity index (χ4n) is 2.69. The molecule has 1 aromatic heterocycles. The second-order valence-electron chi connectivity index (χ2n) is 6.49. The largest absolute Gasteiger partial charge is 0.352 e. The van der Waals surface area contributed by atoms with Crippen LogP contribution < -0.4 is 5.32 Å². The number of carbonyl (C=O) groups excluding carboxylic acids is 2. The van der Waals surface area contributed by atoms with Crippen molar-refractivity contribution < 1.29 is 14.5 Å². The SMILES string of the molecule is Cn1c(CCNC(=O)c2ccc(Cl)cc2)nnc1SCC(=O)c1cccc([N+](=O)[O-])c1. The second-order valence-corrected chi connectivity index (χ2v) is 7.87. The average Bonchev–Trinajstić information content (AvgIpc) is 3.12. The van der Waals surface area contributed by atoms with Gasteiger partial charge in [0, 0.05) is 48.3 Å². The van der Waals surface area contributed by atoms with Gasteiger partial charge in [0.15, 0.2) is 10.9 Å². The molecule has 0 radical (unpaired) electrons. The first-order valence-corrected chi connectivity index (χ1v) is 10.5. The van der Waals surface area contributed by atoms with Gasteiger partial charge in [0.2, 0.25) is 0 Å². The molecule has 0 atom stereocenters. The standard InChI is InChI=1S/C20H18ClN5O4S/c1-25-18(9-10-22-19(28)13-5-7-15(21)8-6-13)23-24-20(25)31-12-17(27)14-3-2-4-16(11-14)26(29)30/h2-8,11H,9-10,12H2,1H3,(H,22,28). The van der Waals surface area contributed by atoms with Crippen molar-refractivity contribution in [1.29, 1.82) is 0 Å². The number of ketones is 1. The molecule has 3 rings (SSSR count). The number of nitrogens with zero attached hydrogens (tertiary/aromatic N) is 4. The molecular weight excluding hydrogens is 442 g/mol. The van der Waals surface area contributed by atoms with E-state index in [-0.39, 0.29) is 28.7 Å². The average molecular weight is 460 g/mol. The number of hydrogen-bond acceptors (Lipinski definition) is 7. The van der Waals surface area contributed by atoms with Crippen LogP contribution in [0.1, 0.15) is 26.5 Å². The van der Waals surface area contributed by atoms with Gasteiger partial charge in [-0.1, -0.05) is 35.5 Å². The number of aromatic nitrogens is 3. The number of amides is 1. The summed E-state index contributed by atoms with van der Waals surface area (Å²) in [7, 11) is 1.77. The lowest BCUT2D eigenvalue weighted by Crippen LogP contribution is -2.26. The molecule has 9 nitrogen and oxygen atoms in total. The molecule has 1 N–H and O–H groups in total. The van der Waals surface area contributed by atoms with E-state index in [1.54, 1.807) is 41.9 Å². The van der Waals surface area contributed by atoms with E-state index in [2.05, 4.69) is 15.5 Å². The lowest BCUT2D eigenvalue weighted by atomic mass is 10.1. The minimum atomic E-state index is -0.537. The van der Waals surface area contributed by atoms with Gasteiger partial charge >= 0.3 is 0 Å². The van der Waals surface area contributed by atoms with E-state index >= 15 is 0 Å². The normalized spacial score (nSPS) is 10.6. The number of hydrogen-bond donors (Lipinski definition) is 1. The monoisotopic (exact) mass is 459 g/mol. The van der Waals surface area contributed by atoms with Gasteiger partial charge in [0.05, 0.1) is 10.7 Å². The topological polar surface area (TPSA) is 120 Å². The third-order valence-corrected chi connectivity index (χ3v) is 5.65. The van der Waals surface area contributed by atoms with Crippen molar-refractivity contribution in [1.82, 2.24) is 20.1 Å². The Morgan fingerprint density at radius 1 is 1.16 bits per heavy atom. The fraction of sp³-hybridized carbons (Fsp3) is 0.200. The van der Waals surface area contributed by atoms with Gasteiger partial charge in [0.1, 0.15) is 5.82 Å². The van der Waals surface area contributed by atoms with Crippen LogP contribution in [0.3, 0.4) is 0 Å². The Balaban J connectivity index is 1.52. The molecule has 0 saturated carbocycles. The Kier molecular flexibility index (Phi) is 7.37. The molecule has 0 fully saturated rings. The van der Waals surface area contributed by atoms with Gasteiger partial charge in [0.25, 0.3) is 11.6 Å². The van der Waals surface area contributed by atoms with E-state index in [0.717, 1.165) is 0 Å². The van der Waals surface area contributed by atoms with Gasteiger partial charge in [-0.2, -0.15) is 0 Å². The molecule has 1 heterocycles. The lowest BCUT2D eigenvalue weighted by molar-refractivity contribution is -0.384. The van der Waals surface area contributed by atoms with Gasteiger partial charge in [-0.05, 0) is 24.3 Å². The Bertz CT molecular complexity index is 1120. The van der Waals surface area contributed by atoms with Crippen LogP contribution in [0, 0.1) is 10.1 Å². The number of benzene rings is 2. The predicted molar refractivity (Wildman–Crippen MR) is 117 cm³/mol. The van der Waals surface area contributed by atoms with Gasteiger partial charge in [-0.25, -0.2) is 0 Å². The smallest absolute Gasteiger partial charge is 0.270 e. The van der Waals surface area contributed by atoms with Crippen LogP contribution in [0.5, 0.6) is 0 Å². The predicted octanol–water partition coefficient (Wildman–Crippen LogP) is 3.32. The summed E-state index contributed by atoms with van der Waals surface area (Å²) >= 11 is 7.01. The number of Topliss-reactive ketones (excluding diaryl/α,β-unsaturated/α-hetero) is 1. The third-order valence-electron chi connectivity index (χ3n) is 4.38. The maximum Gasteiger partial charge on any atom is 0.270 e. The van der Waals surface area contributed by atoms with Crippen LogP contribution in [0.2, 0.25) is 5.02 Å². The van der Waals surface area contributed by atoms with Gasteiger partial charge in [-0.3, -0.25) is 19.7 Å². The van der Waals surface area contributed by atoms with Gasteiger partial charge in [-0.15, -0.1) is 10.2 Å². The number of nitro groups is 1. The molecule has 31 heavy (non-hydrogen) atoms. The van der Waals surface area contributed by atoms with Crippen LogP contribution in [0.25, 0.3) is 0 Å². The molecule has 160 valence electrons. The lowest BCUT2D eigenvalue weighted by Gasteiger charge is -2.06. The number of carbonyl (C=O) groups is 2. The molecule has 2 aromatic carbocycles. The van der Waals surface area contributed by atoms with E-state index in [1.807, 2.05) is 0 Å². The zero-order chi connectivity index (χ0) is 22.4. The Morgan fingerprint density at radius 2 is 1.90 bits per heavy atom. The molecule has 0 aliphatic rings. The molecule has 0 aliphatic heterocycles. The van der Waals surface area contributed by atoms with Crippen molar-refractivity contribution in [2.24, 2.45) is 7.05 Å². The minimum Gasteiger partial charge on any atom is -0.352 e. The fourth-order valence-corrected chi connectivity index (χ4v) is 3.64. The summed E-state index contributed by atoms with van der Waals surface area (Å²) in [6.07, 6.45) is 0.461. The van der Waals surface area contributed by atoms with E-state index in [0.29, 0.717) is 34.5 Å². The summed E-state index contributed by atoms with van der Waals surface area (Å²) in [6.45, 7) is 0.366. The first-order chi connectivity index (χ1) is 14.8. The number of nitrogens with one attached hydrogen (secondary N) is 1. The van der Waals surface area contributed by atoms with Crippen LogP contribution >= 0.6 is 23.4 Å². The van der Waals surface area contributed by atoms with Crippen molar-refractivity contribution in [2.75, 3.05) is 12.3 Å². The van der Waals surface area contributed by atoms with Crippen molar-refractivity contribution in [2.45, 2.75) is 11.6 Å². The Labute approximate surface area is 187 Å². The second kappa shape index (κ2) is 10.2. The first-order valence-electron chi connectivity index (χ1n) is 9.17. The molecule has 0 spiro atoms. The zero-order valence-electron chi connectivity index (χ0n) is 16.4. The van der Waals surface area contributed by atoms with Crippen LogP contribution in [0.15, 0.2) is 53.7 Å². The van der Waals surface area contributed by atoms with Crippen LogP contribution in [-0.2, 0) is 13.5 Å². The summed E-state index contributed by atoms with van der Waals surface area (Å²) in [4.78, 5) is 34.8. The first kappa shape index (κ1) is 22.4. The Morgan fingerprint density at radius 3 is 2.61 bits per heavy atom. The molecular formula is C20H18ClN5O4S. The van der Waals surface area contributed by atoms with Crippen molar-refractivity contribution in [3.8, 4) is 0 Å². The van der Waals surface area contributed by atoms with Crippen LogP contribution in [0.4, 0.5) is 5.69 Å². The number of non-ortho nitro benzene ring substituents is 1. The molecule has 0 unspecified atom stereocenters. The quantitative estimate of drug-likeness (QED) is 0.225. The molecule has 3 aromatic rings. The summed E-state index contributed by atoms with van der Waals surface area (Å²) in [5.41, 5.74) is 0.657.